The fourth-order valence-electron chi connectivity index (χ4n) is 3.07. The van der Waals surface area contributed by atoms with E-state index in [9.17, 15) is 13.2 Å². The summed E-state index contributed by atoms with van der Waals surface area (Å²) in [7, 11) is 0. The van der Waals surface area contributed by atoms with Crippen molar-refractivity contribution >= 4 is 11.6 Å². The minimum atomic E-state index is -4.40. The van der Waals surface area contributed by atoms with Gasteiger partial charge in [0.25, 0.3) is 0 Å². The van der Waals surface area contributed by atoms with Gasteiger partial charge in [-0.05, 0) is 35.4 Å². The Balaban J connectivity index is 1.55. The number of pyridine rings is 1. The summed E-state index contributed by atoms with van der Waals surface area (Å²) in [4.78, 5) is 8.59. The van der Waals surface area contributed by atoms with E-state index in [-0.39, 0.29) is 0 Å². The van der Waals surface area contributed by atoms with Crippen molar-refractivity contribution in [2.75, 3.05) is 0 Å². The molecule has 0 bridgehead atoms. The zero-order chi connectivity index (χ0) is 19.7. The average molecular weight is 409 g/mol. The van der Waals surface area contributed by atoms with Crippen LogP contribution in [0.2, 0.25) is 5.02 Å². The Hall–Kier alpha value is -2.46. The number of nitrogens with one attached hydrogen (secondary N) is 3. The van der Waals surface area contributed by atoms with Crippen LogP contribution in [0.4, 0.5) is 13.2 Å². The summed E-state index contributed by atoms with van der Waals surface area (Å²) in [5.41, 5.74) is 9.75. The van der Waals surface area contributed by atoms with Gasteiger partial charge in [-0.2, -0.15) is 18.7 Å². The molecule has 1 aromatic carbocycles. The average Bonchev–Trinajstić information content (AvgIpc) is 3.33. The van der Waals surface area contributed by atoms with E-state index in [1.165, 1.54) is 6.20 Å². The van der Waals surface area contributed by atoms with E-state index in [4.69, 9.17) is 11.6 Å². The summed E-state index contributed by atoms with van der Waals surface area (Å²) >= 11 is 5.89. The summed E-state index contributed by atoms with van der Waals surface area (Å²) in [6.45, 7) is 0.595. The van der Waals surface area contributed by atoms with Crippen LogP contribution < -0.4 is 16.4 Å². The lowest BCUT2D eigenvalue weighted by Crippen LogP contribution is -2.43. The highest BCUT2D eigenvalue weighted by atomic mass is 35.5. The fraction of sp³-hybridized carbons (Fsp3) is 0.222. The smallest absolute Gasteiger partial charge is 0.332 e. The standard InChI is InChI=1S/C18H16ClF3N6/c19-13-3-1-11(2-4-13)8-28-9-15(24-10-28)14-7-12(5-6-23-14)16-17(18(20,21)22)26-27-25-16/h1-7,9-10,16-17,25-27H,8H2. The number of halogens is 4. The predicted octanol–water partition coefficient (Wildman–Crippen LogP) is 3.23. The molecule has 3 N–H and O–H groups in total. The van der Waals surface area contributed by atoms with Crippen molar-refractivity contribution in [1.29, 1.82) is 0 Å². The van der Waals surface area contributed by atoms with E-state index >= 15 is 0 Å². The van der Waals surface area contributed by atoms with Crippen molar-refractivity contribution in [2.45, 2.75) is 24.8 Å². The second-order valence-electron chi connectivity index (χ2n) is 6.44. The lowest BCUT2D eigenvalue weighted by Gasteiger charge is -2.21. The van der Waals surface area contributed by atoms with Gasteiger partial charge in [0, 0.05) is 24.0 Å². The molecular weight excluding hydrogens is 393 g/mol. The monoisotopic (exact) mass is 408 g/mol. The zero-order valence-electron chi connectivity index (χ0n) is 14.4. The molecule has 6 nitrogen and oxygen atoms in total. The largest absolute Gasteiger partial charge is 0.407 e. The number of rotatable bonds is 4. The molecule has 146 valence electrons. The molecule has 4 rings (SSSR count). The van der Waals surface area contributed by atoms with E-state index in [0.717, 1.165) is 5.56 Å². The Morgan fingerprint density at radius 2 is 1.82 bits per heavy atom. The normalized spacial score (nSPS) is 19.9. The summed E-state index contributed by atoms with van der Waals surface area (Å²) in [6, 6.07) is 7.91. The highest BCUT2D eigenvalue weighted by molar-refractivity contribution is 6.30. The Labute approximate surface area is 163 Å². The molecule has 3 aromatic rings. The van der Waals surface area contributed by atoms with Crippen LogP contribution in [0.25, 0.3) is 11.4 Å². The van der Waals surface area contributed by atoms with Crippen molar-refractivity contribution in [3.05, 3.63) is 71.3 Å². The fourth-order valence-corrected chi connectivity index (χ4v) is 3.20. The summed E-state index contributed by atoms with van der Waals surface area (Å²) in [5.74, 6) is 0. The molecule has 0 spiro atoms. The van der Waals surface area contributed by atoms with Gasteiger partial charge in [-0.3, -0.25) is 4.98 Å². The van der Waals surface area contributed by atoms with Gasteiger partial charge in [0.05, 0.1) is 18.1 Å². The first-order valence-electron chi connectivity index (χ1n) is 8.45. The van der Waals surface area contributed by atoms with Gasteiger partial charge in [0.15, 0.2) is 0 Å². The Morgan fingerprint density at radius 3 is 2.57 bits per heavy atom. The van der Waals surface area contributed by atoms with Crippen LogP contribution in [-0.4, -0.2) is 26.8 Å². The molecule has 1 fully saturated rings. The first-order chi connectivity index (χ1) is 13.4. The first-order valence-corrected chi connectivity index (χ1v) is 8.83. The van der Waals surface area contributed by atoms with Crippen molar-refractivity contribution in [3.63, 3.8) is 0 Å². The number of benzene rings is 1. The number of imidazole rings is 1. The summed E-state index contributed by atoms with van der Waals surface area (Å²) in [5, 5.41) is 0.665. The Bertz CT molecular complexity index is 956. The van der Waals surface area contributed by atoms with Gasteiger partial charge in [-0.1, -0.05) is 23.7 Å². The van der Waals surface area contributed by atoms with Crippen LogP contribution in [0.15, 0.2) is 55.1 Å². The molecular formula is C18H16ClF3N6. The van der Waals surface area contributed by atoms with Gasteiger partial charge in [0.2, 0.25) is 0 Å². The van der Waals surface area contributed by atoms with Crippen molar-refractivity contribution < 1.29 is 13.2 Å². The minimum Gasteiger partial charge on any atom is -0.332 e. The quantitative estimate of drug-likeness (QED) is 0.618. The maximum absolute atomic E-state index is 13.2. The van der Waals surface area contributed by atoms with Crippen LogP contribution in [0.1, 0.15) is 17.2 Å². The number of hydrogen-bond acceptors (Lipinski definition) is 5. The van der Waals surface area contributed by atoms with E-state index in [1.807, 2.05) is 28.8 Å². The first kappa shape index (κ1) is 18.9. The lowest BCUT2D eigenvalue weighted by atomic mass is 10.0. The summed E-state index contributed by atoms with van der Waals surface area (Å²) < 4.78 is 41.4. The maximum atomic E-state index is 13.2. The second kappa shape index (κ2) is 7.51. The lowest BCUT2D eigenvalue weighted by molar-refractivity contribution is -0.156. The summed E-state index contributed by atoms with van der Waals surface area (Å²) in [6.07, 6.45) is 0.551. The molecule has 1 aliphatic rings. The molecule has 0 saturated carbocycles. The SMILES string of the molecule is FC(F)(F)C1NNNC1c1ccnc(-c2cn(Cc3ccc(Cl)cc3)cn2)c1. The van der Waals surface area contributed by atoms with Crippen LogP contribution in [0.5, 0.6) is 0 Å². The third-order valence-corrected chi connectivity index (χ3v) is 4.71. The second-order valence-corrected chi connectivity index (χ2v) is 6.88. The molecule has 28 heavy (non-hydrogen) atoms. The van der Waals surface area contributed by atoms with Crippen molar-refractivity contribution in [1.82, 2.24) is 30.9 Å². The number of alkyl halides is 3. The maximum Gasteiger partial charge on any atom is 0.407 e. The molecule has 0 radical (unpaired) electrons. The molecule has 2 unspecified atom stereocenters. The molecule has 2 aromatic heterocycles. The molecule has 3 heterocycles. The van der Waals surface area contributed by atoms with Crippen molar-refractivity contribution in [2.24, 2.45) is 0 Å². The minimum absolute atomic E-state index is 0.456. The van der Waals surface area contributed by atoms with E-state index in [1.54, 1.807) is 24.7 Å². The number of hydrazine groups is 2. The van der Waals surface area contributed by atoms with E-state index < -0.39 is 18.3 Å². The topological polar surface area (TPSA) is 66.8 Å². The highest BCUT2D eigenvalue weighted by Gasteiger charge is 2.48. The van der Waals surface area contributed by atoms with Gasteiger partial charge >= 0.3 is 6.18 Å². The van der Waals surface area contributed by atoms with Crippen LogP contribution in [0, 0.1) is 0 Å². The van der Waals surface area contributed by atoms with Crippen molar-refractivity contribution in [3.8, 4) is 11.4 Å². The van der Waals surface area contributed by atoms with Gasteiger partial charge in [-0.15, -0.1) is 0 Å². The molecule has 0 aliphatic carbocycles. The number of nitrogens with zero attached hydrogens (tertiary/aromatic N) is 3. The third kappa shape index (κ3) is 4.02. The molecule has 10 heteroatoms. The van der Waals surface area contributed by atoms with Gasteiger partial charge in [0.1, 0.15) is 11.7 Å². The predicted molar refractivity (Wildman–Crippen MR) is 98.0 cm³/mol. The third-order valence-electron chi connectivity index (χ3n) is 4.46. The molecule has 1 aliphatic heterocycles. The van der Waals surface area contributed by atoms with Crippen LogP contribution in [0.3, 0.4) is 0 Å². The Kier molecular flexibility index (Phi) is 5.07. The Morgan fingerprint density at radius 1 is 1.04 bits per heavy atom. The van der Waals surface area contributed by atoms with Crippen LogP contribution in [-0.2, 0) is 6.54 Å². The number of aromatic nitrogens is 3. The van der Waals surface area contributed by atoms with E-state index in [2.05, 4.69) is 26.4 Å². The highest BCUT2D eigenvalue weighted by Crippen LogP contribution is 2.32. The zero-order valence-corrected chi connectivity index (χ0v) is 15.2. The molecule has 0 amide bonds. The van der Waals surface area contributed by atoms with Gasteiger partial charge < -0.3 is 4.57 Å². The molecule has 2 atom stereocenters. The van der Waals surface area contributed by atoms with Crippen LogP contribution >= 0.6 is 11.6 Å². The molecule has 1 saturated heterocycles. The number of hydrogen-bond donors (Lipinski definition) is 3. The van der Waals surface area contributed by atoms with Gasteiger partial charge in [-0.25, -0.2) is 15.8 Å². The van der Waals surface area contributed by atoms with E-state index in [0.29, 0.717) is 28.5 Å².